The van der Waals surface area contributed by atoms with E-state index in [0.29, 0.717) is 6.42 Å². The van der Waals surface area contributed by atoms with Gasteiger partial charge >= 0.3 is 0 Å². The molecule has 1 unspecified atom stereocenters. The number of hydrogen-bond donors (Lipinski definition) is 1. The van der Waals surface area contributed by atoms with Gasteiger partial charge in [0.2, 0.25) is 5.03 Å². The fourth-order valence-corrected chi connectivity index (χ4v) is 3.60. The monoisotopic (exact) mass is 320 g/mol. The number of terminal acetylenes is 1. The highest BCUT2D eigenvalue weighted by atomic mass is 79.9. The summed E-state index contributed by atoms with van der Waals surface area (Å²) in [7, 11) is -2.22. The topological polar surface area (TPSA) is 76.9 Å². The first-order valence-corrected chi connectivity index (χ1v) is 7.23. The van der Waals surface area contributed by atoms with Gasteiger partial charge in [0.05, 0.1) is 6.04 Å². The van der Waals surface area contributed by atoms with E-state index in [2.05, 4.69) is 36.9 Å². The number of aromatic nitrogens is 3. The van der Waals surface area contributed by atoms with Crippen molar-refractivity contribution in [3.05, 3.63) is 4.60 Å². The molecule has 17 heavy (non-hydrogen) atoms. The Balaban J connectivity index is 3.01. The maximum atomic E-state index is 12.0. The van der Waals surface area contributed by atoms with Gasteiger partial charge in [0.15, 0.2) is 4.60 Å². The number of hydrogen-bond acceptors (Lipinski definition) is 4. The molecule has 0 fully saturated rings. The molecule has 1 aromatic rings. The fourth-order valence-electron chi connectivity index (χ4n) is 1.32. The molecule has 0 aliphatic heterocycles. The Morgan fingerprint density at radius 1 is 1.65 bits per heavy atom. The molecule has 0 spiro atoms. The van der Waals surface area contributed by atoms with Crippen molar-refractivity contribution >= 4 is 26.0 Å². The lowest BCUT2D eigenvalue weighted by Crippen LogP contribution is -2.34. The lowest BCUT2D eigenvalue weighted by molar-refractivity contribution is 0.546. The minimum Gasteiger partial charge on any atom is -0.235 e. The molecule has 0 saturated heterocycles. The summed E-state index contributed by atoms with van der Waals surface area (Å²) in [5.74, 6) is 2.40. The average Bonchev–Trinajstić information content (AvgIpc) is 2.58. The molecule has 6 nitrogen and oxygen atoms in total. The lowest BCUT2D eigenvalue weighted by atomic mass is 10.2. The molecule has 1 rings (SSSR count). The predicted molar refractivity (Wildman–Crippen MR) is 66.6 cm³/mol. The highest BCUT2D eigenvalue weighted by Gasteiger charge is 2.25. The second-order valence-corrected chi connectivity index (χ2v) is 5.82. The zero-order valence-corrected chi connectivity index (χ0v) is 11.9. The van der Waals surface area contributed by atoms with Crippen molar-refractivity contribution in [2.75, 3.05) is 0 Å². The molecule has 8 heteroatoms. The third-order valence-electron chi connectivity index (χ3n) is 2.07. The normalized spacial score (nSPS) is 13.3. The van der Waals surface area contributed by atoms with Gasteiger partial charge in [-0.1, -0.05) is 24.5 Å². The number of rotatable bonds is 5. The van der Waals surface area contributed by atoms with E-state index in [0.717, 1.165) is 6.42 Å². The molecule has 1 heterocycles. The quantitative estimate of drug-likeness (QED) is 0.808. The van der Waals surface area contributed by atoms with Crippen LogP contribution in [0.1, 0.15) is 19.8 Å². The van der Waals surface area contributed by atoms with Gasteiger partial charge in [0.1, 0.15) is 0 Å². The van der Waals surface area contributed by atoms with Crippen LogP contribution in [0.4, 0.5) is 0 Å². The van der Waals surface area contributed by atoms with Crippen molar-refractivity contribution in [1.29, 1.82) is 0 Å². The van der Waals surface area contributed by atoms with Crippen LogP contribution >= 0.6 is 15.9 Å². The van der Waals surface area contributed by atoms with E-state index < -0.39 is 16.1 Å². The number of sulfonamides is 1. The molecule has 1 aromatic heterocycles. The summed E-state index contributed by atoms with van der Waals surface area (Å²) in [5.41, 5.74) is 0. The van der Waals surface area contributed by atoms with E-state index in [-0.39, 0.29) is 9.63 Å². The van der Waals surface area contributed by atoms with Crippen LogP contribution in [-0.2, 0) is 17.1 Å². The van der Waals surface area contributed by atoms with Gasteiger partial charge in [-0.3, -0.25) is 0 Å². The van der Waals surface area contributed by atoms with Gasteiger partial charge in [0.25, 0.3) is 10.0 Å². The maximum absolute atomic E-state index is 12.0. The van der Waals surface area contributed by atoms with Crippen molar-refractivity contribution in [2.24, 2.45) is 7.05 Å². The summed E-state index contributed by atoms with van der Waals surface area (Å²) < 4.78 is 27.9. The van der Waals surface area contributed by atoms with Crippen LogP contribution in [-0.4, -0.2) is 29.5 Å². The summed E-state index contributed by atoms with van der Waals surface area (Å²) in [6, 6.07) is -0.521. The second-order valence-electron chi connectivity index (χ2n) is 3.44. The minimum absolute atomic E-state index is 0.0335. The van der Waals surface area contributed by atoms with E-state index in [4.69, 9.17) is 6.42 Å². The number of aryl methyl sites for hydroxylation is 1. The second kappa shape index (κ2) is 5.62. The highest BCUT2D eigenvalue weighted by Crippen LogP contribution is 2.18. The minimum atomic E-state index is -3.71. The van der Waals surface area contributed by atoms with Gasteiger partial charge in [0, 0.05) is 7.05 Å². The van der Waals surface area contributed by atoms with E-state index in [1.54, 1.807) is 0 Å². The molecule has 1 atom stereocenters. The number of halogens is 1. The average molecular weight is 321 g/mol. The molecule has 0 aliphatic carbocycles. The van der Waals surface area contributed by atoms with Gasteiger partial charge in [-0.05, 0) is 22.4 Å². The standard InChI is InChI=1S/C9H13BrN4O2S/c1-4-6-7(5-2)12-17(15,16)9-8(10)11-13-14(9)3/h2,7,12H,4,6H2,1,3H3. The fraction of sp³-hybridized carbons (Fsp3) is 0.556. The molecular formula is C9H13BrN4O2S. The summed E-state index contributed by atoms with van der Waals surface area (Å²) in [5, 5.41) is 7.20. The summed E-state index contributed by atoms with van der Waals surface area (Å²) in [4.78, 5) is 0. The smallest absolute Gasteiger partial charge is 0.235 e. The van der Waals surface area contributed by atoms with E-state index >= 15 is 0 Å². The predicted octanol–water partition coefficient (Wildman–Crippen LogP) is 0.658. The molecule has 0 aliphatic rings. The molecule has 0 aromatic carbocycles. The summed E-state index contributed by atoms with van der Waals surface area (Å²) in [6.07, 6.45) is 6.64. The van der Waals surface area contributed by atoms with Crippen LogP contribution in [0, 0.1) is 12.3 Å². The van der Waals surface area contributed by atoms with Gasteiger partial charge in [-0.2, -0.15) is 4.72 Å². The van der Waals surface area contributed by atoms with E-state index in [1.807, 2.05) is 6.92 Å². The lowest BCUT2D eigenvalue weighted by Gasteiger charge is -2.12. The Morgan fingerprint density at radius 3 is 2.71 bits per heavy atom. The van der Waals surface area contributed by atoms with Crippen LogP contribution < -0.4 is 4.72 Å². The van der Waals surface area contributed by atoms with Crippen LogP contribution in [0.15, 0.2) is 9.63 Å². The molecule has 94 valence electrons. The van der Waals surface area contributed by atoms with Crippen LogP contribution in [0.3, 0.4) is 0 Å². The number of nitrogens with one attached hydrogen (secondary N) is 1. The molecule has 0 radical (unpaired) electrons. The van der Waals surface area contributed by atoms with E-state index in [9.17, 15) is 8.42 Å². The highest BCUT2D eigenvalue weighted by molar-refractivity contribution is 9.10. The van der Waals surface area contributed by atoms with Crippen molar-refractivity contribution < 1.29 is 8.42 Å². The van der Waals surface area contributed by atoms with Gasteiger partial charge in [-0.25, -0.2) is 13.1 Å². The molecule has 1 N–H and O–H groups in total. The third kappa shape index (κ3) is 3.28. The zero-order chi connectivity index (χ0) is 13.1. The first-order valence-electron chi connectivity index (χ1n) is 4.96. The molecule has 0 amide bonds. The largest absolute Gasteiger partial charge is 0.261 e. The van der Waals surface area contributed by atoms with E-state index in [1.165, 1.54) is 11.7 Å². The summed E-state index contributed by atoms with van der Waals surface area (Å²) in [6.45, 7) is 1.93. The van der Waals surface area contributed by atoms with Crippen LogP contribution in [0.2, 0.25) is 0 Å². The SMILES string of the molecule is C#CC(CCC)NS(=O)(=O)c1c(Br)nnn1C. The number of nitrogens with zero attached hydrogens (tertiary/aromatic N) is 3. The third-order valence-corrected chi connectivity index (χ3v) is 4.43. The first kappa shape index (κ1) is 14.2. The molecule has 0 saturated carbocycles. The van der Waals surface area contributed by atoms with Crippen molar-refractivity contribution in [3.8, 4) is 12.3 Å². The first-order chi connectivity index (χ1) is 7.92. The van der Waals surface area contributed by atoms with Crippen LogP contribution in [0.25, 0.3) is 0 Å². The molecular weight excluding hydrogens is 308 g/mol. The Kier molecular flexibility index (Phi) is 4.68. The van der Waals surface area contributed by atoms with Gasteiger partial charge in [-0.15, -0.1) is 11.5 Å². The Bertz CT molecular complexity index is 512. The molecule has 0 bridgehead atoms. The Hall–Kier alpha value is -0.910. The Morgan fingerprint density at radius 2 is 2.29 bits per heavy atom. The van der Waals surface area contributed by atoms with Crippen molar-refractivity contribution in [3.63, 3.8) is 0 Å². The maximum Gasteiger partial charge on any atom is 0.261 e. The van der Waals surface area contributed by atoms with Crippen molar-refractivity contribution in [2.45, 2.75) is 30.8 Å². The van der Waals surface area contributed by atoms with Crippen LogP contribution in [0.5, 0.6) is 0 Å². The van der Waals surface area contributed by atoms with Crippen molar-refractivity contribution in [1.82, 2.24) is 19.7 Å². The zero-order valence-electron chi connectivity index (χ0n) is 9.51. The Labute approximate surface area is 109 Å². The van der Waals surface area contributed by atoms with Gasteiger partial charge < -0.3 is 0 Å². The summed E-state index contributed by atoms with van der Waals surface area (Å²) >= 11 is 3.04.